The standard InChI is InChI=1S/C20H20N4O4S/c1-3-10-22-18(25)23(11-4-2)20(27)24(19(22)26)12-15-14-29-17(21-15)13-28-16-8-6-5-7-9-16/h3-9,14H,1-2,10-13H2. The molecule has 0 fully saturated rings. The Bertz CT molecular complexity index is 1140. The van der Waals surface area contributed by atoms with E-state index in [0.717, 1.165) is 19.5 Å². The molecule has 0 aliphatic rings. The van der Waals surface area contributed by atoms with E-state index in [9.17, 15) is 14.4 Å². The lowest BCUT2D eigenvalue weighted by Gasteiger charge is -2.11. The Morgan fingerprint density at radius 2 is 1.52 bits per heavy atom. The first-order valence-corrected chi connectivity index (χ1v) is 9.70. The van der Waals surface area contributed by atoms with Gasteiger partial charge in [-0.2, -0.15) is 0 Å². The van der Waals surface area contributed by atoms with Gasteiger partial charge >= 0.3 is 17.1 Å². The zero-order valence-electron chi connectivity index (χ0n) is 15.7. The highest BCUT2D eigenvalue weighted by molar-refractivity contribution is 7.09. The summed E-state index contributed by atoms with van der Waals surface area (Å²) in [7, 11) is 0. The smallest absolute Gasteiger partial charge is 0.336 e. The van der Waals surface area contributed by atoms with Gasteiger partial charge in [0.15, 0.2) is 0 Å². The zero-order valence-corrected chi connectivity index (χ0v) is 16.5. The van der Waals surface area contributed by atoms with Crippen LogP contribution >= 0.6 is 11.3 Å². The van der Waals surface area contributed by atoms with E-state index >= 15 is 0 Å². The molecular weight excluding hydrogens is 392 g/mol. The van der Waals surface area contributed by atoms with Gasteiger partial charge in [-0.3, -0.25) is 0 Å². The number of hydrogen-bond acceptors (Lipinski definition) is 6. The molecule has 1 aromatic carbocycles. The number of nitrogens with zero attached hydrogens (tertiary/aromatic N) is 4. The summed E-state index contributed by atoms with van der Waals surface area (Å²) in [4.78, 5) is 42.2. The molecule has 2 aromatic heterocycles. The van der Waals surface area contributed by atoms with Crippen molar-refractivity contribution in [3.05, 3.63) is 103 Å². The Balaban J connectivity index is 1.88. The molecule has 9 heteroatoms. The minimum Gasteiger partial charge on any atom is -0.486 e. The molecular formula is C20H20N4O4S. The molecule has 29 heavy (non-hydrogen) atoms. The monoisotopic (exact) mass is 412 g/mol. The van der Waals surface area contributed by atoms with Crippen LogP contribution in [0.25, 0.3) is 0 Å². The summed E-state index contributed by atoms with van der Waals surface area (Å²) in [6.45, 7) is 7.35. The quantitative estimate of drug-likeness (QED) is 0.499. The minimum atomic E-state index is -0.699. The van der Waals surface area contributed by atoms with Crippen LogP contribution in [0.4, 0.5) is 0 Å². The van der Waals surface area contributed by atoms with Gasteiger partial charge in [-0.25, -0.2) is 33.1 Å². The number of aromatic nitrogens is 4. The van der Waals surface area contributed by atoms with Crippen LogP contribution in [0.5, 0.6) is 5.75 Å². The highest BCUT2D eigenvalue weighted by Gasteiger charge is 2.15. The SMILES string of the molecule is C=CCn1c(=O)n(CC=C)c(=O)n(Cc2csc(COc3ccccc3)n2)c1=O. The molecule has 3 aromatic rings. The number of para-hydroxylation sites is 1. The van der Waals surface area contributed by atoms with E-state index in [4.69, 9.17) is 4.74 Å². The van der Waals surface area contributed by atoms with Crippen LogP contribution < -0.4 is 21.8 Å². The summed E-state index contributed by atoms with van der Waals surface area (Å²) >= 11 is 1.37. The Morgan fingerprint density at radius 1 is 0.931 bits per heavy atom. The summed E-state index contributed by atoms with van der Waals surface area (Å²) < 4.78 is 8.58. The molecule has 0 saturated heterocycles. The Kier molecular flexibility index (Phi) is 6.40. The Morgan fingerprint density at radius 3 is 2.10 bits per heavy atom. The molecule has 0 spiro atoms. The molecule has 0 aliphatic heterocycles. The molecule has 0 unspecified atom stereocenters. The molecule has 0 bridgehead atoms. The van der Waals surface area contributed by atoms with Gasteiger partial charge < -0.3 is 4.74 Å². The second kappa shape index (κ2) is 9.16. The van der Waals surface area contributed by atoms with Gasteiger partial charge in [-0.15, -0.1) is 24.5 Å². The number of hydrogen-bond donors (Lipinski definition) is 0. The largest absolute Gasteiger partial charge is 0.486 e. The Labute approximate surface area is 170 Å². The van der Waals surface area contributed by atoms with Crippen molar-refractivity contribution in [1.29, 1.82) is 0 Å². The van der Waals surface area contributed by atoms with Gasteiger partial charge in [-0.05, 0) is 12.1 Å². The predicted octanol–water partition coefficient (Wildman–Crippen LogP) is 1.63. The van der Waals surface area contributed by atoms with Crippen LogP contribution in [-0.4, -0.2) is 18.7 Å². The number of allylic oxidation sites excluding steroid dienone is 2. The second-order valence-electron chi connectivity index (χ2n) is 6.07. The average Bonchev–Trinajstić information content (AvgIpc) is 3.18. The lowest BCUT2D eigenvalue weighted by Crippen LogP contribution is -2.54. The summed E-state index contributed by atoms with van der Waals surface area (Å²) in [5, 5.41) is 2.47. The molecule has 0 amide bonds. The Hall–Kier alpha value is -3.46. The molecule has 0 atom stereocenters. The summed E-state index contributed by atoms with van der Waals surface area (Å²) in [5.74, 6) is 0.726. The predicted molar refractivity (Wildman–Crippen MR) is 112 cm³/mol. The third-order valence-corrected chi connectivity index (χ3v) is 4.90. The molecule has 3 rings (SSSR count). The van der Waals surface area contributed by atoms with E-state index in [1.54, 1.807) is 5.38 Å². The maximum absolute atomic E-state index is 12.7. The van der Waals surface area contributed by atoms with E-state index in [1.807, 2.05) is 30.3 Å². The van der Waals surface area contributed by atoms with Crippen molar-refractivity contribution in [2.24, 2.45) is 0 Å². The van der Waals surface area contributed by atoms with Gasteiger partial charge in [0.25, 0.3) is 0 Å². The van der Waals surface area contributed by atoms with Crippen LogP contribution in [0.15, 0.2) is 75.4 Å². The van der Waals surface area contributed by atoms with Crippen LogP contribution in [0.1, 0.15) is 10.7 Å². The van der Waals surface area contributed by atoms with E-state index in [2.05, 4.69) is 18.1 Å². The van der Waals surface area contributed by atoms with Crippen molar-refractivity contribution in [2.75, 3.05) is 0 Å². The van der Waals surface area contributed by atoms with Gasteiger partial charge in [-0.1, -0.05) is 30.4 Å². The van der Waals surface area contributed by atoms with E-state index in [-0.39, 0.29) is 26.2 Å². The van der Waals surface area contributed by atoms with Crippen LogP contribution in [0.2, 0.25) is 0 Å². The normalized spacial score (nSPS) is 10.6. The number of rotatable bonds is 9. The number of thiazole rings is 1. The second-order valence-corrected chi connectivity index (χ2v) is 7.01. The van der Waals surface area contributed by atoms with Gasteiger partial charge in [0.2, 0.25) is 0 Å². The number of benzene rings is 1. The highest BCUT2D eigenvalue weighted by Crippen LogP contribution is 2.15. The van der Waals surface area contributed by atoms with E-state index in [1.165, 1.54) is 23.5 Å². The lowest BCUT2D eigenvalue weighted by molar-refractivity contribution is 0.305. The van der Waals surface area contributed by atoms with Crippen molar-refractivity contribution in [2.45, 2.75) is 26.2 Å². The lowest BCUT2D eigenvalue weighted by atomic mass is 10.3. The van der Waals surface area contributed by atoms with E-state index in [0.29, 0.717) is 10.7 Å². The zero-order chi connectivity index (χ0) is 20.8. The van der Waals surface area contributed by atoms with Crippen molar-refractivity contribution < 1.29 is 4.74 Å². The summed E-state index contributed by atoms with van der Waals surface area (Å²) in [5.41, 5.74) is -1.55. The van der Waals surface area contributed by atoms with Crippen molar-refractivity contribution in [1.82, 2.24) is 18.7 Å². The average molecular weight is 412 g/mol. The molecule has 0 saturated carbocycles. The third kappa shape index (κ3) is 4.52. The molecule has 2 heterocycles. The van der Waals surface area contributed by atoms with Gasteiger partial charge in [0.1, 0.15) is 17.4 Å². The maximum Gasteiger partial charge on any atom is 0.336 e. The highest BCUT2D eigenvalue weighted by atomic mass is 32.1. The summed E-state index contributed by atoms with van der Waals surface area (Å²) in [6, 6.07) is 9.35. The van der Waals surface area contributed by atoms with Crippen molar-refractivity contribution >= 4 is 11.3 Å². The topological polar surface area (TPSA) is 88.1 Å². The first-order valence-electron chi connectivity index (χ1n) is 8.82. The van der Waals surface area contributed by atoms with E-state index < -0.39 is 17.1 Å². The third-order valence-electron chi connectivity index (χ3n) is 4.03. The van der Waals surface area contributed by atoms with Gasteiger partial charge in [0.05, 0.1) is 25.3 Å². The fourth-order valence-electron chi connectivity index (χ4n) is 2.70. The van der Waals surface area contributed by atoms with Crippen molar-refractivity contribution in [3.8, 4) is 5.75 Å². The van der Waals surface area contributed by atoms with Crippen LogP contribution in [-0.2, 0) is 26.2 Å². The van der Waals surface area contributed by atoms with Crippen molar-refractivity contribution in [3.63, 3.8) is 0 Å². The summed E-state index contributed by atoms with van der Waals surface area (Å²) in [6.07, 6.45) is 2.86. The first kappa shape index (κ1) is 20.3. The molecule has 0 aliphatic carbocycles. The van der Waals surface area contributed by atoms with Crippen LogP contribution in [0, 0.1) is 0 Å². The molecule has 8 nitrogen and oxygen atoms in total. The first-order chi connectivity index (χ1) is 14.0. The molecule has 0 N–H and O–H groups in total. The van der Waals surface area contributed by atoms with Gasteiger partial charge in [0, 0.05) is 5.38 Å². The fraction of sp³-hybridized carbons (Fsp3) is 0.200. The molecule has 0 radical (unpaired) electrons. The fourth-order valence-corrected chi connectivity index (χ4v) is 3.40. The maximum atomic E-state index is 12.7. The molecule has 150 valence electrons. The number of ether oxygens (including phenoxy) is 1. The van der Waals surface area contributed by atoms with Crippen LogP contribution in [0.3, 0.4) is 0 Å². The minimum absolute atomic E-state index is 0.00230.